The van der Waals surface area contributed by atoms with E-state index in [0.717, 1.165) is 32.8 Å². The molecule has 0 aliphatic carbocycles. The molecule has 2 heterocycles. The summed E-state index contributed by atoms with van der Waals surface area (Å²) in [6.45, 7) is 5.15. The second-order valence-corrected chi connectivity index (χ2v) is 4.64. The van der Waals surface area contributed by atoms with Crippen LogP contribution in [0.3, 0.4) is 0 Å². The van der Waals surface area contributed by atoms with E-state index in [0.29, 0.717) is 25.1 Å². The molecular formula is C13H19N5O2. The van der Waals surface area contributed by atoms with Gasteiger partial charge >= 0.3 is 0 Å². The average molecular weight is 277 g/mol. The predicted molar refractivity (Wildman–Crippen MR) is 72.0 cm³/mol. The minimum absolute atomic E-state index is 0.0812. The highest BCUT2D eigenvalue weighted by molar-refractivity contribution is 5.93. The van der Waals surface area contributed by atoms with Crippen LogP contribution >= 0.6 is 0 Å². The summed E-state index contributed by atoms with van der Waals surface area (Å²) in [5.74, 6) is -0.0812. The molecule has 108 valence electrons. The first-order valence-corrected chi connectivity index (χ1v) is 6.76. The maximum atomic E-state index is 12.3. The molecule has 1 N–H and O–H groups in total. The van der Waals surface area contributed by atoms with Crippen molar-refractivity contribution in [1.82, 2.24) is 20.0 Å². The zero-order valence-corrected chi connectivity index (χ0v) is 11.4. The molecule has 0 atom stereocenters. The number of rotatable bonds is 6. The second kappa shape index (κ2) is 7.62. The Morgan fingerprint density at radius 3 is 2.95 bits per heavy atom. The van der Waals surface area contributed by atoms with Crippen LogP contribution in [0.15, 0.2) is 12.4 Å². The number of aromatic nitrogens is 2. The summed E-state index contributed by atoms with van der Waals surface area (Å²) in [5, 5.41) is 15.1. The van der Waals surface area contributed by atoms with Crippen LogP contribution in [0.25, 0.3) is 0 Å². The van der Waals surface area contributed by atoms with Gasteiger partial charge in [-0.25, -0.2) is 0 Å². The van der Waals surface area contributed by atoms with Crippen LogP contribution in [0.2, 0.25) is 0 Å². The van der Waals surface area contributed by atoms with Crippen LogP contribution in [0.1, 0.15) is 16.8 Å². The molecule has 7 nitrogen and oxygen atoms in total. The Balaban J connectivity index is 1.89. The number of hydrogen-bond donors (Lipinski definition) is 1. The Kier molecular flexibility index (Phi) is 5.53. The standard InChI is InChI=1S/C13H19N5O2/c14-2-1-3-18(13(19)12-10-15-16-11-12)5-4-17-6-8-20-9-7-17/h10-11H,1,3-9H2,(H,15,16). The SMILES string of the molecule is N#CCCN(CCN1CCOCC1)C(=O)c1cn[nH]c1. The fraction of sp³-hybridized carbons (Fsp3) is 0.615. The molecule has 1 aliphatic heterocycles. The van der Waals surface area contributed by atoms with Crippen LogP contribution < -0.4 is 0 Å². The minimum Gasteiger partial charge on any atom is -0.379 e. The van der Waals surface area contributed by atoms with Gasteiger partial charge in [0.1, 0.15) is 0 Å². The summed E-state index contributed by atoms with van der Waals surface area (Å²) in [6.07, 6.45) is 3.43. The molecular weight excluding hydrogens is 258 g/mol. The van der Waals surface area contributed by atoms with Crippen LogP contribution in [-0.4, -0.2) is 71.8 Å². The molecule has 1 fully saturated rings. The van der Waals surface area contributed by atoms with Gasteiger partial charge in [0.15, 0.2) is 0 Å². The number of aromatic amines is 1. The van der Waals surface area contributed by atoms with E-state index in [2.05, 4.69) is 21.2 Å². The molecule has 0 spiro atoms. The van der Waals surface area contributed by atoms with E-state index in [-0.39, 0.29) is 5.91 Å². The van der Waals surface area contributed by atoms with Crippen molar-refractivity contribution in [1.29, 1.82) is 5.26 Å². The number of carbonyl (C=O) groups is 1. The van der Waals surface area contributed by atoms with Crippen molar-refractivity contribution in [3.8, 4) is 6.07 Å². The highest BCUT2D eigenvalue weighted by Gasteiger charge is 2.18. The van der Waals surface area contributed by atoms with Crippen molar-refractivity contribution in [2.24, 2.45) is 0 Å². The molecule has 20 heavy (non-hydrogen) atoms. The summed E-state index contributed by atoms with van der Waals surface area (Å²) in [6, 6.07) is 2.09. The fourth-order valence-corrected chi connectivity index (χ4v) is 2.14. The largest absolute Gasteiger partial charge is 0.379 e. The number of ether oxygens (including phenoxy) is 1. The molecule has 2 rings (SSSR count). The lowest BCUT2D eigenvalue weighted by molar-refractivity contribution is 0.0326. The third-order valence-corrected chi connectivity index (χ3v) is 3.32. The van der Waals surface area contributed by atoms with E-state index in [4.69, 9.17) is 10.00 Å². The monoisotopic (exact) mass is 277 g/mol. The van der Waals surface area contributed by atoms with Gasteiger partial charge in [-0.1, -0.05) is 0 Å². The maximum Gasteiger partial charge on any atom is 0.257 e. The maximum absolute atomic E-state index is 12.3. The highest BCUT2D eigenvalue weighted by Crippen LogP contribution is 2.05. The van der Waals surface area contributed by atoms with E-state index in [1.165, 1.54) is 6.20 Å². The normalized spacial score (nSPS) is 15.8. The number of amides is 1. The minimum atomic E-state index is -0.0812. The lowest BCUT2D eigenvalue weighted by atomic mass is 10.2. The Morgan fingerprint density at radius 2 is 2.30 bits per heavy atom. The van der Waals surface area contributed by atoms with Gasteiger partial charge in [-0.15, -0.1) is 0 Å². The first-order valence-electron chi connectivity index (χ1n) is 6.76. The first-order chi connectivity index (χ1) is 9.81. The van der Waals surface area contributed by atoms with Crippen molar-refractivity contribution in [3.63, 3.8) is 0 Å². The Bertz CT molecular complexity index is 448. The van der Waals surface area contributed by atoms with Crippen LogP contribution in [0, 0.1) is 11.3 Å². The summed E-state index contributed by atoms with van der Waals surface area (Å²) in [4.78, 5) is 16.3. The number of nitrogens with one attached hydrogen (secondary N) is 1. The van der Waals surface area contributed by atoms with Gasteiger partial charge in [-0.2, -0.15) is 10.4 Å². The Morgan fingerprint density at radius 1 is 1.50 bits per heavy atom. The van der Waals surface area contributed by atoms with E-state index in [9.17, 15) is 4.79 Å². The third-order valence-electron chi connectivity index (χ3n) is 3.32. The smallest absolute Gasteiger partial charge is 0.257 e. The highest BCUT2D eigenvalue weighted by atomic mass is 16.5. The summed E-state index contributed by atoms with van der Waals surface area (Å²) in [7, 11) is 0. The Hall–Kier alpha value is -1.91. The number of hydrogen-bond acceptors (Lipinski definition) is 5. The molecule has 0 saturated carbocycles. The molecule has 1 saturated heterocycles. The molecule has 1 amide bonds. The summed E-state index contributed by atoms with van der Waals surface area (Å²) >= 11 is 0. The van der Waals surface area contributed by atoms with E-state index >= 15 is 0 Å². The van der Waals surface area contributed by atoms with Crippen molar-refractivity contribution >= 4 is 5.91 Å². The first kappa shape index (κ1) is 14.5. The molecule has 1 aromatic heterocycles. The molecule has 0 radical (unpaired) electrons. The summed E-state index contributed by atoms with van der Waals surface area (Å²) in [5.41, 5.74) is 0.532. The van der Waals surface area contributed by atoms with E-state index < -0.39 is 0 Å². The number of carbonyl (C=O) groups excluding carboxylic acids is 1. The summed E-state index contributed by atoms with van der Waals surface area (Å²) < 4.78 is 5.30. The predicted octanol–water partition coefficient (Wildman–Crippen LogP) is 0.0978. The quantitative estimate of drug-likeness (QED) is 0.797. The van der Waals surface area contributed by atoms with Gasteiger partial charge < -0.3 is 9.64 Å². The average Bonchev–Trinajstić information content (AvgIpc) is 3.02. The number of morpholine rings is 1. The van der Waals surface area contributed by atoms with Gasteiger partial charge in [-0.3, -0.25) is 14.8 Å². The van der Waals surface area contributed by atoms with E-state index in [1.54, 1.807) is 11.1 Å². The topological polar surface area (TPSA) is 85.2 Å². The molecule has 0 aromatic carbocycles. The third kappa shape index (κ3) is 4.05. The second-order valence-electron chi connectivity index (χ2n) is 4.64. The van der Waals surface area contributed by atoms with Crippen LogP contribution in [0.4, 0.5) is 0 Å². The molecule has 0 unspecified atom stereocenters. The fourth-order valence-electron chi connectivity index (χ4n) is 2.14. The van der Waals surface area contributed by atoms with Gasteiger partial charge in [0.25, 0.3) is 5.91 Å². The zero-order valence-electron chi connectivity index (χ0n) is 11.4. The van der Waals surface area contributed by atoms with Crippen molar-refractivity contribution in [2.75, 3.05) is 45.9 Å². The van der Waals surface area contributed by atoms with Gasteiger partial charge in [0, 0.05) is 38.9 Å². The molecule has 1 aliphatic rings. The number of nitrogens with zero attached hydrogens (tertiary/aromatic N) is 4. The lowest BCUT2D eigenvalue weighted by Gasteiger charge is -2.29. The number of nitriles is 1. The van der Waals surface area contributed by atoms with Gasteiger partial charge in [-0.05, 0) is 0 Å². The zero-order chi connectivity index (χ0) is 14.2. The molecule has 0 bridgehead atoms. The van der Waals surface area contributed by atoms with Crippen LogP contribution in [0.5, 0.6) is 0 Å². The van der Waals surface area contributed by atoms with Crippen molar-refractivity contribution < 1.29 is 9.53 Å². The molecule has 1 aromatic rings. The van der Waals surface area contributed by atoms with Gasteiger partial charge in [0.05, 0.1) is 37.5 Å². The van der Waals surface area contributed by atoms with Crippen molar-refractivity contribution in [2.45, 2.75) is 6.42 Å². The van der Waals surface area contributed by atoms with E-state index in [1.807, 2.05) is 0 Å². The number of H-pyrrole nitrogens is 1. The molecule has 7 heteroatoms. The Labute approximate surface area is 118 Å². The lowest BCUT2D eigenvalue weighted by Crippen LogP contribution is -2.43. The van der Waals surface area contributed by atoms with Crippen molar-refractivity contribution in [3.05, 3.63) is 18.0 Å². The van der Waals surface area contributed by atoms with Gasteiger partial charge in [0.2, 0.25) is 0 Å². The van der Waals surface area contributed by atoms with Crippen LogP contribution in [-0.2, 0) is 4.74 Å².